The molecule has 0 aliphatic carbocycles. The van der Waals surface area contributed by atoms with Crippen molar-refractivity contribution in [1.29, 1.82) is 0 Å². The lowest BCUT2D eigenvalue weighted by Gasteiger charge is -2.16. The highest BCUT2D eigenvalue weighted by Gasteiger charge is 2.22. The fourth-order valence-corrected chi connectivity index (χ4v) is 2.22. The lowest BCUT2D eigenvalue weighted by atomic mass is 9.93. The highest BCUT2D eigenvalue weighted by atomic mass is 16.4. The third-order valence-electron chi connectivity index (χ3n) is 3.07. The number of hydrogen-bond acceptors (Lipinski definition) is 3. The Labute approximate surface area is 104 Å². The van der Waals surface area contributed by atoms with E-state index in [4.69, 9.17) is 9.52 Å². The topological polar surface area (TPSA) is 62.8 Å². The molecule has 0 radical (unpaired) electrons. The summed E-state index contributed by atoms with van der Waals surface area (Å²) < 4.78 is 5.01. The van der Waals surface area contributed by atoms with Crippen LogP contribution in [0.5, 0.6) is 0 Å². The number of aromatic carboxylic acids is 1. The Bertz CT molecular complexity index is 640. The first-order valence-electron chi connectivity index (χ1n) is 5.70. The van der Waals surface area contributed by atoms with E-state index in [1.807, 2.05) is 24.3 Å². The van der Waals surface area contributed by atoms with Crippen LogP contribution in [0.15, 0.2) is 46.2 Å². The average Bonchev–Trinajstić information content (AvgIpc) is 2.87. The van der Waals surface area contributed by atoms with Crippen LogP contribution in [-0.4, -0.2) is 23.3 Å². The number of carboxylic acid groups (broad SMARTS) is 1. The normalized spacial score (nSPS) is 13.9. The minimum absolute atomic E-state index is 0.158. The maximum absolute atomic E-state index is 11.1. The van der Waals surface area contributed by atoms with Crippen LogP contribution in [0.25, 0.3) is 0 Å². The molecule has 0 fully saturated rings. The minimum atomic E-state index is -0.996. The van der Waals surface area contributed by atoms with Gasteiger partial charge in [0.1, 0.15) is 18.1 Å². The molecule has 0 unspecified atom stereocenters. The molecular weight excluding hydrogens is 230 g/mol. The predicted octanol–water partition coefficient (Wildman–Crippen LogP) is 2.37. The first kappa shape index (κ1) is 10.8. The van der Waals surface area contributed by atoms with Crippen LogP contribution in [-0.2, 0) is 6.42 Å². The molecule has 1 aromatic heterocycles. The van der Waals surface area contributed by atoms with Gasteiger partial charge in [-0.2, -0.15) is 0 Å². The molecule has 3 rings (SSSR count). The fraction of sp³-hybridized carbons (Fsp3) is 0.143. The molecule has 0 saturated heterocycles. The Hall–Kier alpha value is -2.36. The molecule has 1 aliphatic heterocycles. The van der Waals surface area contributed by atoms with Crippen LogP contribution < -0.4 is 0 Å². The van der Waals surface area contributed by atoms with Crippen molar-refractivity contribution in [2.75, 3.05) is 6.54 Å². The second-order valence-corrected chi connectivity index (χ2v) is 4.14. The van der Waals surface area contributed by atoms with Gasteiger partial charge in [0.2, 0.25) is 0 Å². The number of rotatable bonds is 2. The summed E-state index contributed by atoms with van der Waals surface area (Å²) in [6, 6.07) is 7.92. The van der Waals surface area contributed by atoms with Crippen molar-refractivity contribution in [3.8, 4) is 0 Å². The van der Waals surface area contributed by atoms with E-state index < -0.39 is 5.97 Å². The molecule has 0 saturated carbocycles. The predicted molar refractivity (Wildman–Crippen MR) is 66.3 cm³/mol. The van der Waals surface area contributed by atoms with E-state index in [2.05, 4.69) is 4.99 Å². The Balaban J connectivity index is 2.15. The molecule has 1 N–H and O–H groups in total. The molecule has 90 valence electrons. The van der Waals surface area contributed by atoms with Gasteiger partial charge in [0.15, 0.2) is 0 Å². The fourth-order valence-electron chi connectivity index (χ4n) is 2.22. The standard InChI is InChI=1S/C14H11NO3/c16-14(17)12-8-18-7-11(12)13-10-4-2-1-3-9(10)5-6-15-13/h1-4,7-8H,5-6H2,(H,16,17). The SMILES string of the molecule is O=C(O)c1cocc1C1=NCCc2ccccc21. The zero-order valence-electron chi connectivity index (χ0n) is 9.59. The first-order valence-corrected chi connectivity index (χ1v) is 5.70. The number of carbonyl (C=O) groups is 1. The maximum Gasteiger partial charge on any atom is 0.339 e. The molecule has 2 aromatic rings. The molecule has 1 aliphatic rings. The summed E-state index contributed by atoms with van der Waals surface area (Å²) >= 11 is 0. The highest BCUT2D eigenvalue weighted by Crippen LogP contribution is 2.23. The van der Waals surface area contributed by atoms with E-state index >= 15 is 0 Å². The molecule has 4 heteroatoms. The van der Waals surface area contributed by atoms with Gasteiger partial charge in [-0.15, -0.1) is 0 Å². The maximum atomic E-state index is 11.1. The van der Waals surface area contributed by atoms with Gasteiger partial charge in [0, 0.05) is 12.1 Å². The van der Waals surface area contributed by atoms with Gasteiger partial charge in [0.05, 0.1) is 11.3 Å². The van der Waals surface area contributed by atoms with Crippen molar-refractivity contribution in [1.82, 2.24) is 0 Å². The second-order valence-electron chi connectivity index (χ2n) is 4.14. The summed E-state index contributed by atoms with van der Waals surface area (Å²) in [6.45, 7) is 0.677. The Kier molecular flexibility index (Phi) is 2.48. The zero-order valence-corrected chi connectivity index (χ0v) is 9.59. The number of fused-ring (bicyclic) bond motifs is 1. The van der Waals surface area contributed by atoms with E-state index in [0.29, 0.717) is 17.8 Å². The van der Waals surface area contributed by atoms with E-state index in [9.17, 15) is 4.79 Å². The summed E-state index contributed by atoms with van der Waals surface area (Å²) in [5.41, 5.74) is 3.61. The minimum Gasteiger partial charge on any atom is -0.478 e. The van der Waals surface area contributed by atoms with Gasteiger partial charge in [-0.1, -0.05) is 24.3 Å². The number of aliphatic imine (C=N–C) groups is 1. The summed E-state index contributed by atoms with van der Waals surface area (Å²) in [5, 5.41) is 9.12. The molecule has 0 spiro atoms. The highest BCUT2D eigenvalue weighted by molar-refractivity contribution is 6.18. The lowest BCUT2D eigenvalue weighted by Crippen LogP contribution is -2.15. The van der Waals surface area contributed by atoms with E-state index in [0.717, 1.165) is 12.0 Å². The molecule has 0 bridgehead atoms. The molecule has 2 heterocycles. The van der Waals surface area contributed by atoms with Crippen molar-refractivity contribution < 1.29 is 14.3 Å². The third kappa shape index (κ3) is 1.62. The molecule has 0 atom stereocenters. The van der Waals surface area contributed by atoms with Crippen LogP contribution in [0.2, 0.25) is 0 Å². The Morgan fingerprint density at radius 2 is 2.06 bits per heavy atom. The van der Waals surface area contributed by atoms with Crippen molar-refractivity contribution in [3.63, 3.8) is 0 Å². The van der Waals surface area contributed by atoms with Crippen molar-refractivity contribution in [2.24, 2.45) is 4.99 Å². The van der Waals surface area contributed by atoms with Crippen LogP contribution in [0.1, 0.15) is 27.0 Å². The Morgan fingerprint density at radius 3 is 2.89 bits per heavy atom. The Morgan fingerprint density at radius 1 is 1.22 bits per heavy atom. The number of benzene rings is 1. The molecule has 0 amide bonds. The largest absolute Gasteiger partial charge is 0.478 e. The number of hydrogen-bond donors (Lipinski definition) is 1. The van der Waals surface area contributed by atoms with Gasteiger partial charge in [-0.3, -0.25) is 4.99 Å². The van der Waals surface area contributed by atoms with E-state index in [1.165, 1.54) is 18.1 Å². The van der Waals surface area contributed by atoms with Gasteiger partial charge in [-0.05, 0) is 12.0 Å². The zero-order chi connectivity index (χ0) is 12.5. The van der Waals surface area contributed by atoms with Gasteiger partial charge < -0.3 is 9.52 Å². The smallest absolute Gasteiger partial charge is 0.339 e. The summed E-state index contributed by atoms with van der Waals surface area (Å²) in [5.74, 6) is -0.996. The molecule has 4 nitrogen and oxygen atoms in total. The van der Waals surface area contributed by atoms with Crippen LogP contribution in [0.4, 0.5) is 0 Å². The first-order chi connectivity index (χ1) is 8.77. The van der Waals surface area contributed by atoms with Crippen LogP contribution in [0.3, 0.4) is 0 Å². The lowest BCUT2D eigenvalue weighted by molar-refractivity contribution is 0.0696. The van der Waals surface area contributed by atoms with E-state index in [-0.39, 0.29) is 5.56 Å². The van der Waals surface area contributed by atoms with Crippen LogP contribution in [0, 0.1) is 0 Å². The summed E-state index contributed by atoms with van der Waals surface area (Å²) in [6.07, 6.45) is 3.59. The second kappa shape index (κ2) is 4.14. The molecule has 1 aromatic carbocycles. The third-order valence-corrected chi connectivity index (χ3v) is 3.07. The molecular formula is C14H11NO3. The summed E-state index contributed by atoms with van der Waals surface area (Å²) in [7, 11) is 0. The van der Waals surface area contributed by atoms with E-state index in [1.54, 1.807) is 0 Å². The van der Waals surface area contributed by atoms with Crippen molar-refractivity contribution >= 4 is 11.7 Å². The molecule has 18 heavy (non-hydrogen) atoms. The van der Waals surface area contributed by atoms with Crippen LogP contribution >= 0.6 is 0 Å². The summed E-state index contributed by atoms with van der Waals surface area (Å²) in [4.78, 5) is 15.6. The monoisotopic (exact) mass is 241 g/mol. The number of nitrogens with zero attached hydrogens (tertiary/aromatic N) is 1. The van der Waals surface area contributed by atoms with Gasteiger partial charge in [0.25, 0.3) is 0 Å². The average molecular weight is 241 g/mol. The van der Waals surface area contributed by atoms with Crippen molar-refractivity contribution in [3.05, 3.63) is 59.0 Å². The van der Waals surface area contributed by atoms with Crippen molar-refractivity contribution in [2.45, 2.75) is 6.42 Å². The number of furan rings is 1. The van der Waals surface area contributed by atoms with Gasteiger partial charge >= 0.3 is 5.97 Å². The quantitative estimate of drug-likeness (QED) is 0.877. The van der Waals surface area contributed by atoms with Gasteiger partial charge in [-0.25, -0.2) is 4.79 Å². The number of carboxylic acids is 1.